The predicted octanol–water partition coefficient (Wildman–Crippen LogP) is 5.03. The van der Waals surface area contributed by atoms with Crippen molar-refractivity contribution in [3.05, 3.63) is 35.9 Å². The third-order valence-corrected chi connectivity index (χ3v) is 2.82. The molecule has 0 heterocycles. The van der Waals surface area contributed by atoms with Crippen LogP contribution in [0.15, 0.2) is 30.3 Å². The molecule has 0 spiro atoms. The van der Waals surface area contributed by atoms with Crippen LogP contribution in [0.5, 0.6) is 0 Å². The topological polar surface area (TPSA) is 9.23 Å². The summed E-state index contributed by atoms with van der Waals surface area (Å²) in [7, 11) is 0. The predicted molar refractivity (Wildman–Crippen MR) is 69.6 cm³/mol. The fourth-order valence-corrected chi connectivity index (χ4v) is 1.77. The van der Waals surface area contributed by atoms with Gasteiger partial charge < -0.3 is 4.74 Å². The van der Waals surface area contributed by atoms with Crippen molar-refractivity contribution in [2.45, 2.75) is 51.8 Å². The zero-order valence-electron chi connectivity index (χ0n) is 10.7. The van der Waals surface area contributed by atoms with Gasteiger partial charge >= 0.3 is 0 Å². The van der Waals surface area contributed by atoms with E-state index in [9.17, 15) is 4.39 Å². The van der Waals surface area contributed by atoms with Gasteiger partial charge in [-0.3, -0.25) is 0 Å². The zero-order chi connectivity index (χ0) is 12.3. The maximum absolute atomic E-state index is 13.5. The van der Waals surface area contributed by atoms with Crippen LogP contribution >= 0.6 is 0 Å². The zero-order valence-corrected chi connectivity index (χ0v) is 10.7. The maximum Gasteiger partial charge on any atom is 0.225 e. The number of unbranched alkanes of at least 4 members (excludes halogenated alkanes) is 5. The molecule has 96 valence electrons. The van der Waals surface area contributed by atoms with Gasteiger partial charge in [-0.2, -0.15) is 0 Å². The molecule has 1 aromatic carbocycles. The van der Waals surface area contributed by atoms with Crippen LogP contribution in [-0.2, 0) is 4.74 Å². The van der Waals surface area contributed by atoms with Gasteiger partial charge in [-0.25, -0.2) is 4.39 Å². The Kier molecular flexibility index (Phi) is 7.65. The highest BCUT2D eigenvalue weighted by molar-refractivity contribution is 5.15. The fourth-order valence-electron chi connectivity index (χ4n) is 1.77. The highest BCUT2D eigenvalue weighted by Gasteiger charge is 2.07. The van der Waals surface area contributed by atoms with Crippen LogP contribution in [0.3, 0.4) is 0 Å². The van der Waals surface area contributed by atoms with Gasteiger partial charge in [0.2, 0.25) is 6.36 Å². The molecular weight excluding hydrogens is 215 g/mol. The quantitative estimate of drug-likeness (QED) is 0.548. The standard InChI is InChI=1S/C15H23FO/c1-2-3-4-5-6-10-13-17-15(16)14-11-8-7-9-12-14/h7-9,11-12,15H,2-6,10,13H2,1H3. The number of ether oxygens (including phenoxy) is 1. The second-order valence-electron chi connectivity index (χ2n) is 4.37. The van der Waals surface area contributed by atoms with Crippen molar-refractivity contribution in [2.24, 2.45) is 0 Å². The third-order valence-electron chi connectivity index (χ3n) is 2.82. The lowest BCUT2D eigenvalue weighted by atomic mass is 10.1. The fraction of sp³-hybridized carbons (Fsp3) is 0.600. The summed E-state index contributed by atoms with van der Waals surface area (Å²) in [6.45, 7) is 2.72. The third kappa shape index (κ3) is 6.42. The largest absolute Gasteiger partial charge is 0.345 e. The number of hydrogen-bond acceptors (Lipinski definition) is 1. The molecule has 2 heteroatoms. The molecule has 1 atom stereocenters. The van der Waals surface area contributed by atoms with Crippen LogP contribution in [0.2, 0.25) is 0 Å². The molecule has 0 saturated heterocycles. The lowest BCUT2D eigenvalue weighted by Gasteiger charge is -2.09. The molecule has 0 radical (unpaired) electrons. The highest BCUT2D eigenvalue weighted by atomic mass is 19.1. The monoisotopic (exact) mass is 238 g/mol. The summed E-state index contributed by atoms with van der Waals surface area (Å²) in [5.41, 5.74) is 0.610. The Morgan fingerprint density at radius 2 is 1.65 bits per heavy atom. The first kappa shape index (κ1) is 14.2. The van der Waals surface area contributed by atoms with Crippen LogP contribution in [0.4, 0.5) is 4.39 Å². The molecule has 1 rings (SSSR count). The van der Waals surface area contributed by atoms with Crippen LogP contribution < -0.4 is 0 Å². The SMILES string of the molecule is CCCCCCCCOC(F)c1ccccc1. The van der Waals surface area contributed by atoms with Crippen molar-refractivity contribution < 1.29 is 9.13 Å². The minimum absolute atomic E-state index is 0.516. The van der Waals surface area contributed by atoms with E-state index in [0.29, 0.717) is 12.2 Å². The van der Waals surface area contributed by atoms with E-state index in [2.05, 4.69) is 6.92 Å². The van der Waals surface area contributed by atoms with Crippen molar-refractivity contribution in [2.75, 3.05) is 6.61 Å². The maximum atomic E-state index is 13.5. The van der Waals surface area contributed by atoms with Gasteiger partial charge in [0.15, 0.2) is 0 Å². The molecule has 0 aliphatic carbocycles. The molecule has 0 saturated carbocycles. The molecular formula is C15H23FO. The van der Waals surface area contributed by atoms with E-state index in [4.69, 9.17) is 4.74 Å². The van der Waals surface area contributed by atoms with Crippen molar-refractivity contribution in [1.82, 2.24) is 0 Å². The Morgan fingerprint density at radius 3 is 2.35 bits per heavy atom. The van der Waals surface area contributed by atoms with Gasteiger partial charge in [0.25, 0.3) is 0 Å². The summed E-state index contributed by atoms with van der Waals surface area (Å²) in [6.07, 6.45) is 5.91. The Labute approximate surface area is 104 Å². The summed E-state index contributed by atoms with van der Waals surface area (Å²) in [5.74, 6) is 0. The normalized spacial score (nSPS) is 12.6. The van der Waals surface area contributed by atoms with Gasteiger partial charge in [0.1, 0.15) is 0 Å². The van der Waals surface area contributed by atoms with Crippen LogP contribution in [-0.4, -0.2) is 6.61 Å². The van der Waals surface area contributed by atoms with Gasteiger partial charge in [0.05, 0.1) is 6.61 Å². The smallest absolute Gasteiger partial charge is 0.225 e. The number of hydrogen-bond donors (Lipinski definition) is 0. The molecule has 1 unspecified atom stereocenters. The van der Waals surface area contributed by atoms with E-state index in [1.807, 2.05) is 18.2 Å². The summed E-state index contributed by atoms with van der Waals surface area (Å²) in [4.78, 5) is 0. The minimum Gasteiger partial charge on any atom is -0.345 e. The molecule has 17 heavy (non-hydrogen) atoms. The van der Waals surface area contributed by atoms with Gasteiger partial charge in [0, 0.05) is 5.56 Å². The van der Waals surface area contributed by atoms with Crippen molar-refractivity contribution in [3.8, 4) is 0 Å². The minimum atomic E-state index is -1.27. The first-order valence-electron chi connectivity index (χ1n) is 6.65. The lowest BCUT2D eigenvalue weighted by molar-refractivity contribution is -0.0424. The van der Waals surface area contributed by atoms with Crippen LogP contribution in [0.1, 0.15) is 57.4 Å². The molecule has 0 amide bonds. The van der Waals surface area contributed by atoms with E-state index in [0.717, 1.165) is 12.8 Å². The average Bonchev–Trinajstić information content (AvgIpc) is 2.38. The Hall–Kier alpha value is -0.890. The highest BCUT2D eigenvalue weighted by Crippen LogP contribution is 2.18. The van der Waals surface area contributed by atoms with Crippen molar-refractivity contribution >= 4 is 0 Å². The average molecular weight is 238 g/mol. The summed E-state index contributed by atoms with van der Waals surface area (Å²) < 4.78 is 18.7. The van der Waals surface area contributed by atoms with E-state index in [1.165, 1.54) is 25.7 Å². The Balaban J connectivity index is 2.03. The van der Waals surface area contributed by atoms with Gasteiger partial charge in [-0.15, -0.1) is 0 Å². The first-order valence-corrected chi connectivity index (χ1v) is 6.65. The molecule has 0 aliphatic rings. The van der Waals surface area contributed by atoms with E-state index >= 15 is 0 Å². The Bertz CT molecular complexity index is 274. The summed E-state index contributed by atoms with van der Waals surface area (Å²) >= 11 is 0. The molecule has 0 N–H and O–H groups in total. The summed E-state index contributed by atoms with van der Waals surface area (Å²) in [5, 5.41) is 0. The molecule has 0 aliphatic heterocycles. The second kappa shape index (κ2) is 9.17. The van der Waals surface area contributed by atoms with Crippen molar-refractivity contribution in [3.63, 3.8) is 0 Å². The molecule has 1 nitrogen and oxygen atoms in total. The molecule has 0 fully saturated rings. The van der Waals surface area contributed by atoms with E-state index in [-0.39, 0.29) is 0 Å². The van der Waals surface area contributed by atoms with Crippen molar-refractivity contribution in [1.29, 1.82) is 0 Å². The van der Waals surface area contributed by atoms with Crippen LogP contribution in [0, 0.1) is 0 Å². The first-order chi connectivity index (χ1) is 8.34. The number of benzene rings is 1. The number of halogens is 1. The molecule has 1 aromatic rings. The molecule has 0 aromatic heterocycles. The molecule has 0 bridgehead atoms. The number of rotatable bonds is 9. The van der Waals surface area contributed by atoms with Gasteiger partial charge in [-0.1, -0.05) is 69.4 Å². The van der Waals surface area contributed by atoms with E-state index < -0.39 is 6.36 Å². The van der Waals surface area contributed by atoms with Gasteiger partial charge in [-0.05, 0) is 6.42 Å². The lowest BCUT2D eigenvalue weighted by Crippen LogP contribution is -2.00. The second-order valence-corrected chi connectivity index (χ2v) is 4.37. The van der Waals surface area contributed by atoms with Crippen LogP contribution in [0.25, 0.3) is 0 Å². The Morgan fingerprint density at radius 1 is 1.00 bits per heavy atom. The number of alkyl halides is 1. The van der Waals surface area contributed by atoms with E-state index in [1.54, 1.807) is 12.1 Å². The summed E-state index contributed by atoms with van der Waals surface area (Å²) in [6, 6.07) is 9.05.